The van der Waals surface area contributed by atoms with Gasteiger partial charge in [-0.2, -0.15) is 8.78 Å². The number of hydrogen-bond donors (Lipinski definition) is 0. The lowest BCUT2D eigenvalue weighted by Gasteiger charge is -2.40. The Hall–Kier alpha value is -1.12. The molecule has 0 aromatic heterocycles. The predicted octanol–water partition coefficient (Wildman–Crippen LogP) is 8.95. The molecule has 0 aliphatic heterocycles. The number of halogens is 7. The van der Waals surface area contributed by atoms with Crippen LogP contribution in [0.25, 0.3) is 0 Å². The third kappa shape index (κ3) is 5.73. The van der Waals surface area contributed by atoms with E-state index < -0.39 is 32.9 Å². The van der Waals surface area contributed by atoms with Gasteiger partial charge in [0.25, 0.3) is 0 Å². The standard InChI is InChI=1S/C20H27F7OS/c1-14-2-4-15(5-3-14)16-6-8-17(9-7-16)20(21,22)28-18-10-12-19(13-11-18)29(23,24,25,26)27/h10-17H,2-9H2,1H3. The first-order chi connectivity index (χ1) is 13.1. The Morgan fingerprint density at radius 1 is 0.759 bits per heavy atom. The van der Waals surface area contributed by atoms with Gasteiger partial charge in [0.1, 0.15) is 10.6 Å². The summed E-state index contributed by atoms with van der Waals surface area (Å²) in [5.41, 5.74) is 0. The van der Waals surface area contributed by atoms with E-state index in [1.165, 1.54) is 12.8 Å². The lowest BCUT2D eigenvalue weighted by Crippen LogP contribution is -2.38. The molecule has 9 heteroatoms. The van der Waals surface area contributed by atoms with E-state index in [2.05, 4.69) is 11.7 Å². The minimum absolute atomic E-state index is 0.0912. The maximum atomic E-state index is 14.5. The molecular weight excluding hydrogens is 421 g/mol. The zero-order valence-corrected chi connectivity index (χ0v) is 17.1. The normalized spacial score (nSPS) is 31.6. The third-order valence-corrected chi connectivity index (χ3v) is 7.66. The molecule has 1 nitrogen and oxygen atoms in total. The van der Waals surface area contributed by atoms with Crippen molar-refractivity contribution in [2.75, 3.05) is 0 Å². The first-order valence-corrected chi connectivity index (χ1v) is 12.0. The summed E-state index contributed by atoms with van der Waals surface area (Å²) in [6.07, 6.45) is 3.03. The molecule has 0 amide bonds. The van der Waals surface area contributed by atoms with Crippen LogP contribution in [0.2, 0.25) is 0 Å². The number of hydrogen-bond acceptors (Lipinski definition) is 1. The largest absolute Gasteiger partial charge is 0.432 e. The molecule has 2 saturated carbocycles. The Morgan fingerprint density at radius 2 is 1.21 bits per heavy atom. The highest BCUT2D eigenvalue weighted by atomic mass is 32.5. The van der Waals surface area contributed by atoms with Gasteiger partial charge in [-0.3, -0.25) is 0 Å². The van der Waals surface area contributed by atoms with Gasteiger partial charge >= 0.3 is 16.3 Å². The van der Waals surface area contributed by atoms with Gasteiger partial charge in [0, 0.05) is 0 Å². The van der Waals surface area contributed by atoms with Crippen molar-refractivity contribution < 1.29 is 32.9 Å². The van der Waals surface area contributed by atoms with Gasteiger partial charge in [-0.1, -0.05) is 39.2 Å². The van der Waals surface area contributed by atoms with Crippen molar-refractivity contribution >= 4 is 10.2 Å². The molecule has 2 aliphatic carbocycles. The monoisotopic (exact) mass is 448 g/mol. The molecule has 0 bridgehead atoms. The predicted molar refractivity (Wildman–Crippen MR) is 100.0 cm³/mol. The number of rotatable bonds is 5. The van der Waals surface area contributed by atoms with Crippen LogP contribution in [0, 0.1) is 23.7 Å². The van der Waals surface area contributed by atoms with E-state index in [1.54, 1.807) is 0 Å². The van der Waals surface area contributed by atoms with Crippen molar-refractivity contribution in [3.05, 3.63) is 24.3 Å². The van der Waals surface area contributed by atoms with Gasteiger partial charge in [-0.25, -0.2) is 0 Å². The zero-order chi connectivity index (χ0) is 21.6. The fourth-order valence-electron chi connectivity index (χ4n) is 4.69. The van der Waals surface area contributed by atoms with Crippen LogP contribution < -0.4 is 4.74 Å². The summed E-state index contributed by atoms with van der Waals surface area (Å²) in [5, 5.41) is 0. The lowest BCUT2D eigenvalue weighted by atomic mass is 9.69. The van der Waals surface area contributed by atoms with Gasteiger partial charge in [-0.15, -0.1) is 0 Å². The molecule has 168 valence electrons. The van der Waals surface area contributed by atoms with Gasteiger partial charge in [0.15, 0.2) is 0 Å². The van der Waals surface area contributed by atoms with Crippen molar-refractivity contribution in [1.29, 1.82) is 0 Å². The number of benzene rings is 1. The fourth-order valence-corrected chi connectivity index (χ4v) is 5.34. The molecule has 2 fully saturated rings. The quantitative estimate of drug-likeness (QED) is 0.409. The van der Waals surface area contributed by atoms with Crippen LogP contribution in [0.1, 0.15) is 58.3 Å². The summed E-state index contributed by atoms with van der Waals surface area (Å²) in [5.74, 6) is 0.166. The van der Waals surface area contributed by atoms with Gasteiger partial charge in [0.05, 0.1) is 5.92 Å². The molecular formula is C20H27F7OS. The Morgan fingerprint density at radius 3 is 1.66 bits per heavy atom. The zero-order valence-electron chi connectivity index (χ0n) is 16.2. The minimum Gasteiger partial charge on any atom is -0.432 e. The van der Waals surface area contributed by atoms with E-state index in [1.807, 2.05) is 0 Å². The topological polar surface area (TPSA) is 9.23 Å². The molecule has 0 N–H and O–H groups in total. The molecule has 29 heavy (non-hydrogen) atoms. The van der Waals surface area contributed by atoms with Crippen LogP contribution in [-0.4, -0.2) is 6.11 Å². The number of alkyl halides is 2. The maximum absolute atomic E-state index is 14.5. The highest BCUT2D eigenvalue weighted by Gasteiger charge is 2.65. The van der Waals surface area contributed by atoms with Crippen molar-refractivity contribution in [1.82, 2.24) is 0 Å². The second-order valence-electron chi connectivity index (χ2n) is 8.74. The van der Waals surface area contributed by atoms with Crippen LogP contribution in [0.3, 0.4) is 0 Å². The lowest BCUT2D eigenvalue weighted by molar-refractivity contribution is -0.224. The van der Waals surface area contributed by atoms with Crippen molar-refractivity contribution in [2.45, 2.75) is 69.3 Å². The summed E-state index contributed by atoms with van der Waals surface area (Å²) in [7, 11) is -9.83. The van der Waals surface area contributed by atoms with E-state index in [9.17, 15) is 28.2 Å². The first kappa shape index (κ1) is 22.6. The molecule has 2 aliphatic rings. The van der Waals surface area contributed by atoms with Crippen molar-refractivity contribution in [3.63, 3.8) is 0 Å². The molecule has 0 spiro atoms. The second kappa shape index (κ2) is 6.95. The van der Waals surface area contributed by atoms with E-state index >= 15 is 0 Å². The Bertz CT molecular complexity index is 701. The SMILES string of the molecule is CC1CCC(C2CCC(C(F)(F)Oc3ccc(S(F)(F)(F)(F)F)cc3)CC2)CC1. The first-order valence-electron chi connectivity index (χ1n) is 10.0. The smallest absolute Gasteiger partial charge is 0.400 e. The van der Waals surface area contributed by atoms with Crippen LogP contribution >= 0.6 is 10.2 Å². The molecule has 0 radical (unpaired) electrons. The molecule has 0 saturated heterocycles. The van der Waals surface area contributed by atoms with Crippen molar-refractivity contribution in [2.24, 2.45) is 23.7 Å². The summed E-state index contributed by atoms with van der Waals surface area (Å²) >= 11 is 0. The molecule has 1 aromatic rings. The van der Waals surface area contributed by atoms with Crippen molar-refractivity contribution in [3.8, 4) is 5.75 Å². The molecule has 0 heterocycles. The maximum Gasteiger partial charge on any atom is 0.400 e. The minimum atomic E-state index is -9.83. The molecule has 1 aromatic carbocycles. The van der Waals surface area contributed by atoms with E-state index in [0.717, 1.165) is 18.8 Å². The van der Waals surface area contributed by atoms with Gasteiger partial charge in [0.2, 0.25) is 0 Å². The average molecular weight is 448 g/mol. The molecule has 0 atom stereocenters. The van der Waals surface area contributed by atoms with Crippen LogP contribution in [0.15, 0.2) is 29.2 Å². The summed E-state index contributed by atoms with van der Waals surface area (Å²) < 4.78 is 97.3. The highest BCUT2D eigenvalue weighted by molar-refractivity contribution is 8.45. The summed E-state index contributed by atoms with van der Waals surface area (Å²) in [6.45, 7) is 2.23. The summed E-state index contributed by atoms with van der Waals surface area (Å²) in [4.78, 5) is -2.12. The Balaban J connectivity index is 1.58. The Labute approximate surface area is 166 Å². The second-order valence-corrected chi connectivity index (χ2v) is 11.1. The fraction of sp³-hybridized carbons (Fsp3) is 0.700. The van der Waals surface area contributed by atoms with Gasteiger partial charge in [-0.05, 0) is 80.5 Å². The van der Waals surface area contributed by atoms with E-state index in [4.69, 9.17) is 0 Å². The van der Waals surface area contributed by atoms with Gasteiger partial charge < -0.3 is 4.74 Å². The van der Waals surface area contributed by atoms with Crippen LogP contribution in [0.4, 0.5) is 28.2 Å². The average Bonchev–Trinajstić information content (AvgIpc) is 2.61. The highest BCUT2D eigenvalue weighted by Crippen LogP contribution is 3.02. The van der Waals surface area contributed by atoms with E-state index in [0.29, 0.717) is 36.8 Å². The Kier molecular flexibility index (Phi) is 5.41. The molecule has 0 unspecified atom stereocenters. The van der Waals surface area contributed by atoms with Crippen LogP contribution in [-0.2, 0) is 0 Å². The van der Waals surface area contributed by atoms with Crippen LogP contribution in [0.5, 0.6) is 5.75 Å². The van der Waals surface area contributed by atoms with E-state index in [-0.39, 0.29) is 25.0 Å². The molecule has 3 rings (SSSR count). The number of ether oxygens (including phenoxy) is 1. The summed E-state index contributed by atoms with van der Waals surface area (Å²) in [6, 6.07) is 1.23. The third-order valence-electron chi connectivity index (χ3n) is 6.50.